The van der Waals surface area contributed by atoms with Gasteiger partial charge in [0.1, 0.15) is 0 Å². The highest BCUT2D eigenvalue weighted by Crippen LogP contribution is 2.11. The molecule has 1 heterocycles. The Labute approximate surface area is 96.5 Å². The van der Waals surface area contributed by atoms with Gasteiger partial charge in [-0.25, -0.2) is 0 Å². The second kappa shape index (κ2) is 4.66. The molecule has 0 aliphatic carbocycles. The largest absolute Gasteiger partial charge is 0.335 e. The van der Waals surface area contributed by atoms with E-state index in [2.05, 4.69) is 24.4 Å². The highest BCUT2D eigenvalue weighted by atomic mass is 16.2. The molecule has 3 nitrogen and oxygen atoms in total. The summed E-state index contributed by atoms with van der Waals surface area (Å²) in [5.41, 5.74) is 1.19. The van der Waals surface area contributed by atoms with Crippen LogP contribution in [-0.2, 0) is 11.3 Å². The van der Waals surface area contributed by atoms with E-state index in [0.29, 0.717) is 6.04 Å². The molecule has 0 spiro atoms. The van der Waals surface area contributed by atoms with Gasteiger partial charge in [-0.3, -0.25) is 4.79 Å². The topological polar surface area (TPSA) is 32.3 Å². The average molecular weight is 218 g/mol. The normalized spacial score (nSPS) is 25.9. The van der Waals surface area contributed by atoms with E-state index in [9.17, 15) is 4.79 Å². The summed E-state index contributed by atoms with van der Waals surface area (Å²) in [4.78, 5) is 13.9. The van der Waals surface area contributed by atoms with Crippen molar-refractivity contribution in [1.29, 1.82) is 0 Å². The molecule has 1 aliphatic rings. The van der Waals surface area contributed by atoms with Gasteiger partial charge in [0.25, 0.3) is 0 Å². The monoisotopic (exact) mass is 218 g/mol. The first kappa shape index (κ1) is 11.1. The number of nitrogens with one attached hydrogen (secondary N) is 1. The average Bonchev–Trinajstić information content (AvgIpc) is 2.27. The van der Waals surface area contributed by atoms with Crippen LogP contribution in [0.1, 0.15) is 19.4 Å². The van der Waals surface area contributed by atoms with Gasteiger partial charge in [0, 0.05) is 19.1 Å². The number of carbonyl (C=O) groups is 1. The van der Waals surface area contributed by atoms with Gasteiger partial charge in [-0.2, -0.15) is 0 Å². The van der Waals surface area contributed by atoms with Crippen LogP contribution in [0.15, 0.2) is 30.3 Å². The van der Waals surface area contributed by atoms with Crippen LogP contribution in [-0.4, -0.2) is 29.4 Å². The predicted molar refractivity (Wildman–Crippen MR) is 63.9 cm³/mol. The zero-order chi connectivity index (χ0) is 11.5. The Balaban J connectivity index is 2.06. The van der Waals surface area contributed by atoms with Crippen molar-refractivity contribution in [3.63, 3.8) is 0 Å². The smallest absolute Gasteiger partial charge is 0.239 e. The molecule has 0 saturated carbocycles. The molecule has 1 fully saturated rings. The number of hydrogen-bond donors (Lipinski definition) is 1. The van der Waals surface area contributed by atoms with Crippen molar-refractivity contribution in [2.24, 2.45) is 0 Å². The standard InChI is InChI=1S/C13H18N2O/c1-10-8-15(13(16)11(2)14-10)9-12-6-4-3-5-7-12/h3-7,10-11,14H,8-9H2,1-2H3/t10-,11-/m1/s1. The maximum atomic E-state index is 11.9. The third kappa shape index (κ3) is 2.42. The van der Waals surface area contributed by atoms with Gasteiger partial charge < -0.3 is 10.2 Å². The highest BCUT2D eigenvalue weighted by molar-refractivity contribution is 5.82. The van der Waals surface area contributed by atoms with E-state index in [4.69, 9.17) is 0 Å². The minimum Gasteiger partial charge on any atom is -0.335 e. The fourth-order valence-corrected chi connectivity index (χ4v) is 2.19. The molecule has 1 aliphatic heterocycles. The number of piperazine rings is 1. The first-order chi connectivity index (χ1) is 7.66. The Kier molecular flexibility index (Phi) is 3.25. The predicted octanol–water partition coefficient (Wildman–Crippen LogP) is 1.40. The lowest BCUT2D eigenvalue weighted by molar-refractivity contribution is -0.136. The Morgan fingerprint density at radius 1 is 1.31 bits per heavy atom. The molecule has 1 amide bonds. The van der Waals surface area contributed by atoms with Crippen LogP contribution in [0.4, 0.5) is 0 Å². The maximum Gasteiger partial charge on any atom is 0.239 e. The first-order valence-electron chi connectivity index (χ1n) is 5.75. The quantitative estimate of drug-likeness (QED) is 0.813. The molecule has 1 aromatic carbocycles. The summed E-state index contributed by atoms with van der Waals surface area (Å²) in [5.74, 6) is 0.196. The molecule has 1 N–H and O–H groups in total. The number of hydrogen-bond acceptors (Lipinski definition) is 2. The fourth-order valence-electron chi connectivity index (χ4n) is 2.19. The summed E-state index contributed by atoms with van der Waals surface area (Å²) < 4.78 is 0. The van der Waals surface area contributed by atoms with E-state index >= 15 is 0 Å². The van der Waals surface area contributed by atoms with Gasteiger partial charge in [0.05, 0.1) is 6.04 Å². The summed E-state index contributed by atoms with van der Waals surface area (Å²) in [6.07, 6.45) is 0. The lowest BCUT2D eigenvalue weighted by Crippen LogP contribution is -2.57. The second-order valence-electron chi connectivity index (χ2n) is 4.49. The number of rotatable bonds is 2. The summed E-state index contributed by atoms with van der Waals surface area (Å²) in [6.45, 7) is 5.55. The van der Waals surface area contributed by atoms with E-state index in [1.54, 1.807) is 0 Å². The van der Waals surface area contributed by atoms with Crippen molar-refractivity contribution < 1.29 is 4.79 Å². The molecular weight excluding hydrogens is 200 g/mol. The van der Waals surface area contributed by atoms with Crippen molar-refractivity contribution in [2.75, 3.05) is 6.54 Å². The number of amides is 1. The van der Waals surface area contributed by atoms with Crippen molar-refractivity contribution in [3.05, 3.63) is 35.9 Å². The lowest BCUT2D eigenvalue weighted by Gasteiger charge is -2.35. The maximum absolute atomic E-state index is 11.9. The van der Waals surface area contributed by atoms with Gasteiger partial charge in [-0.15, -0.1) is 0 Å². The molecule has 1 aromatic rings. The van der Waals surface area contributed by atoms with E-state index in [1.807, 2.05) is 30.0 Å². The highest BCUT2D eigenvalue weighted by Gasteiger charge is 2.28. The van der Waals surface area contributed by atoms with Crippen molar-refractivity contribution in [3.8, 4) is 0 Å². The molecule has 0 unspecified atom stereocenters. The summed E-state index contributed by atoms with van der Waals surface area (Å²) >= 11 is 0. The van der Waals surface area contributed by atoms with E-state index < -0.39 is 0 Å². The van der Waals surface area contributed by atoms with Gasteiger partial charge in [-0.1, -0.05) is 30.3 Å². The Morgan fingerprint density at radius 3 is 2.69 bits per heavy atom. The molecule has 0 aromatic heterocycles. The van der Waals surface area contributed by atoms with E-state index in [1.165, 1.54) is 5.56 Å². The Hall–Kier alpha value is -1.35. The van der Waals surface area contributed by atoms with Gasteiger partial charge in [0.15, 0.2) is 0 Å². The van der Waals surface area contributed by atoms with Gasteiger partial charge in [0.2, 0.25) is 5.91 Å². The SMILES string of the molecule is C[C@@H]1CN(Cc2ccccc2)C(=O)[C@@H](C)N1. The van der Waals surface area contributed by atoms with Crippen molar-refractivity contribution in [2.45, 2.75) is 32.5 Å². The summed E-state index contributed by atoms with van der Waals surface area (Å²) in [6, 6.07) is 10.4. The zero-order valence-corrected chi connectivity index (χ0v) is 9.81. The van der Waals surface area contributed by atoms with Gasteiger partial charge >= 0.3 is 0 Å². The van der Waals surface area contributed by atoms with E-state index in [-0.39, 0.29) is 11.9 Å². The first-order valence-corrected chi connectivity index (χ1v) is 5.75. The van der Waals surface area contributed by atoms with Crippen molar-refractivity contribution >= 4 is 5.91 Å². The molecule has 0 bridgehead atoms. The lowest BCUT2D eigenvalue weighted by atomic mass is 10.1. The Morgan fingerprint density at radius 2 is 2.00 bits per heavy atom. The number of benzene rings is 1. The van der Waals surface area contributed by atoms with Crippen LogP contribution in [0.25, 0.3) is 0 Å². The third-order valence-electron chi connectivity index (χ3n) is 2.93. The number of nitrogens with zero attached hydrogens (tertiary/aromatic N) is 1. The van der Waals surface area contributed by atoms with Crippen LogP contribution in [0.3, 0.4) is 0 Å². The summed E-state index contributed by atoms with van der Waals surface area (Å²) in [5, 5.41) is 3.25. The molecule has 2 rings (SSSR count). The minimum atomic E-state index is -0.0625. The molecule has 16 heavy (non-hydrogen) atoms. The fraction of sp³-hybridized carbons (Fsp3) is 0.462. The third-order valence-corrected chi connectivity index (χ3v) is 2.93. The Bertz CT molecular complexity index is 363. The molecular formula is C13H18N2O. The molecule has 3 heteroatoms. The number of carbonyl (C=O) groups excluding carboxylic acids is 1. The molecule has 1 saturated heterocycles. The summed E-state index contributed by atoms with van der Waals surface area (Å²) in [7, 11) is 0. The van der Waals surface area contributed by atoms with Crippen LogP contribution in [0, 0.1) is 0 Å². The van der Waals surface area contributed by atoms with Crippen molar-refractivity contribution in [1.82, 2.24) is 10.2 Å². The molecule has 0 radical (unpaired) electrons. The van der Waals surface area contributed by atoms with Crippen LogP contribution >= 0.6 is 0 Å². The zero-order valence-electron chi connectivity index (χ0n) is 9.81. The van der Waals surface area contributed by atoms with Crippen LogP contribution in [0.5, 0.6) is 0 Å². The molecule has 2 atom stereocenters. The van der Waals surface area contributed by atoms with Crippen LogP contribution in [0.2, 0.25) is 0 Å². The van der Waals surface area contributed by atoms with Gasteiger partial charge in [-0.05, 0) is 19.4 Å². The van der Waals surface area contributed by atoms with E-state index in [0.717, 1.165) is 13.1 Å². The van der Waals surface area contributed by atoms with Crippen LogP contribution < -0.4 is 5.32 Å². The molecule has 86 valence electrons. The minimum absolute atomic E-state index is 0.0625. The second-order valence-corrected chi connectivity index (χ2v) is 4.49.